The van der Waals surface area contributed by atoms with Crippen LogP contribution in [0, 0.1) is 23.0 Å². The Morgan fingerprint density at radius 1 is 1.32 bits per heavy atom. The zero-order valence-electron chi connectivity index (χ0n) is 16.0. The number of fused-ring (bicyclic) bond motifs is 1. The number of rotatable bonds is 6. The number of aryl methyl sites for hydroxylation is 1. The van der Waals surface area contributed by atoms with E-state index in [1.165, 1.54) is 22.3 Å². The van der Waals surface area contributed by atoms with Gasteiger partial charge in [0.2, 0.25) is 5.91 Å². The van der Waals surface area contributed by atoms with Gasteiger partial charge in [0, 0.05) is 23.9 Å². The van der Waals surface area contributed by atoms with Crippen LogP contribution in [0.3, 0.4) is 0 Å². The van der Waals surface area contributed by atoms with E-state index in [0.29, 0.717) is 22.7 Å². The number of halogens is 2. The Labute approximate surface area is 167 Å². The minimum absolute atomic E-state index is 0.153. The second-order valence-corrected chi connectivity index (χ2v) is 8.26. The first-order valence-electron chi connectivity index (χ1n) is 9.40. The molecule has 3 rings (SSSR count). The molecule has 7 heteroatoms. The van der Waals surface area contributed by atoms with Crippen molar-refractivity contribution in [3.63, 3.8) is 0 Å². The number of amides is 1. The topological polar surface area (TPSA) is 56.1 Å². The van der Waals surface area contributed by atoms with Gasteiger partial charge in [0.15, 0.2) is 11.6 Å². The summed E-state index contributed by atoms with van der Waals surface area (Å²) in [5, 5.41) is 13.0. The summed E-state index contributed by atoms with van der Waals surface area (Å²) in [6.45, 7) is 2.34. The summed E-state index contributed by atoms with van der Waals surface area (Å²) >= 11 is 1.51. The number of nitrogens with zero attached hydrogens (tertiary/aromatic N) is 2. The molecule has 1 aliphatic carbocycles. The molecule has 148 valence electrons. The minimum atomic E-state index is -0.874. The first kappa shape index (κ1) is 20.4. The van der Waals surface area contributed by atoms with E-state index < -0.39 is 11.6 Å². The van der Waals surface area contributed by atoms with Crippen LogP contribution < -0.4 is 5.32 Å². The van der Waals surface area contributed by atoms with E-state index in [2.05, 4.69) is 11.4 Å². The SMILES string of the molecule is CC(c1ccc(F)c(F)c1)N(C)CCC(=O)Nc1sc2c(c1C#N)CCCC2. The van der Waals surface area contributed by atoms with Gasteiger partial charge in [-0.2, -0.15) is 5.26 Å². The molecule has 0 bridgehead atoms. The smallest absolute Gasteiger partial charge is 0.226 e. The number of benzene rings is 1. The number of nitrogens with one attached hydrogen (secondary N) is 1. The van der Waals surface area contributed by atoms with Crippen molar-refractivity contribution < 1.29 is 13.6 Å². The number of hydrogen-bond donors (Lipinski definition) is 1. The zero-order chi connectivity index (χ0) is 20.3. The number of thiophene rings is 1. The van der Waals surface area contributed by atoms with E-state index in [9.17, 15) is 18.8 Å². The minimum Gasteiger partial charge on any atom is -0.317 e. The molecule has 0 spiro atoms. The fourth-order valence-corrected chi connectivity index (χ4v) is 4.72. The lowest BCUT2D eigenvalue weighted by atomic mass is 9.96. The lowest BCUT2D eigenvalue weighted by molar-refractivity contribution is -0.116. The normalized spacial score (nSPS) is 14.4. The molecule has 1 aliphatic rings. The van der Waals surface area contributed by atoms with Crippen LogP contribution in [0.15, 0.2) is 18.2 Å². The van der Waals surface area contributed by atoms with E-state index in [0.717, 1.165) is 37.3 Å². The van der Waals surface area contributed by atoms with E-state index >= 15 is 0 Å². The number of hydrogen-bond acceptors (Lipinski definition) is 4. The molecule has 4 nitrogen and oxygen atoms in total. The van der Waals surface area contributed by atoms with Gasteiger partial charge >= 0.3 is 0 Å². The number of nitriles is 1. The van der Waals surface area contributed by atoms with Crippen LogP contribution in [0.1, 0.15) is 53.8 Å². The summed E-state index contributed by atoms with van der Waals surface area (Å²) in [5.41, 5.74) is 2.36. The van der Waals surface area contributed by atoms with Crippen molar-refractivity contribution in [2.75, 3.05) is 18.9 Å². The van der Waals surface area contributed by atoms with Crippen molar-refractivity contribution in [1.82, 2.24) is 4.90 Å². The summed E-state index contributed by atoms with van der Waals surface area (Å²) in [6.07, 6.45) is 4.33. The molecule has 0 fully saturated rings. The molecule has 1 aromatic carbocycles. The third-order valence-corrected chi connectivity index (χ3v) is 6.52. The lowest BCUT2D eigenvalue weighted by Gasteiger charge is -2.24. The Kier molecular flexibility index (Phi) is 6.42. The zero-order valence-corrected chi connectivity index (χ0v) is 16.8. The highest BCUT2D eigenvalue weighted by Crippen LogP contribution is 2.37. The number of carbonyl (C=O) groups excluding carboxylic acids is 1. The van der Waals surface area contributed by atoms with Gasteiger partial charge in [-0.3, -0.25) is 9.69 Å². The predicted molar refractivity (Wildman–Crippen MR) is 106 cm³/mol. The van der Waals surface area contributed by atoms with E-state index in [4.69, 9.17) is 0 Å². The first-order valence-corrected chi connectivity index (χ1v) is 10.2. The number of carbonyl (C=O) groups is 1. The van der Waals surface area contributed by atoms with Crippen LogP contribution in [0.2, 0.25) is 0 Å². The van der Waals surface area contributed by atoms with Gasteiger partial charge in [0.25, 0.3) is 0 Å². The van der Waals surface area contributed by atoms with E-state index in [1.54, 1.807) is 6.07 Å². The Morgan fingerprint density at radius 2 is 2.07 bits per heavy atom. The standard InChI is InChI=1S/C21H23F2N3OS/c1-13(14-7-8-17(22)18(23)11-14)26(2)10-9-20(27)25-21-16(12-24)15-5-3-4-6-19(15)28-21/h7-8,11,13H,3-6,9-10H2,1-2H3,(H,25,27). The lowest BCUT2D eigenvalue weighted by Crippen LogP contribution is -2.27. The third kappa shape index (κ3) is 4.40. The third-order valence-electron chi connectivity index (χ3n) is 5.31. The Bertz CT molecular complexity index is 919. The summed E-state index contributed by atoms with van der Waals surface area (Å²) in [7, 11) is 1.84. The molecule has 28 heavy (non-hydrogen) atoms. The molecule has 1 heterocycles. The summed E-state index contributed by atoms with van der Waals surface area (Å²) in [6, 6.07) is 5.93. The van der Waals surface area contributed by atoms with Crippen LogP contribution >= 0.6 is 11.3 Å². The van der Waals surface area contributed by atoms with Crippen molar-refractivity contribution in [3.05, 3.63) is 51.4 Å². The van der Waals surface area contributed by atoms with Crippen LogP contribution in [0.25, 0.3) is 0 Å². The van der Waals surface area contributed by atoms with Gasteiger partial charge in [-0.25, -0.2) is 8.78 Å². The van der Waals surface area contributed by atoms with Crippen molar-refractivity contribution >= 4 is 22.2 Å². The Hall–Kier alpha value is -2.30. The van der Waals surface area contributed by atoms with Gasteiger partial charge in [0.1, 0.15) is 11.1 Å². The molecule has 0 saturated carbocycles. The highest BCUT2D eigenvalue weighted by molar-refractivity contribution is 7.16. The molecule has 2 aromatic rings. The van der Waals surface area contributed by atoms with Crippen molar-refractivity contribution in [3.8, 4) is 6.07 Å². The first-order chi connectivity index (χ1) is 13.4. The average molecular weight is 403 g/mol. The number of anilines is 1. The maximum absolute atomic E-state index is 13.4. The fourth-order valence-electron chi connectivity index (χ4n) is 3.46. The largest absolute Gasteiger partial charge is 0.317 e. The molecule has 1 amide bonds. The summed E-state index contributed by atoms with van der Waals surface area (Å²) in [5.74, 6) is -1.90. The van der Waals surface area contributed by atoms with Gasteiger partial charge in [-0.1, -0.05) is 6.07 Å². The molecular formula is C21H23F2N3OS. The second kappa shape index (κ2) is 8.80. The molecule has 0 radical (unpaired) electrons. The molecule has 1 N–H and O–H groups in total. The molecule has 0 aliphatic heterocycles. The van der Waals surface area contributed by atoms with Crippen molar-refractivity contribution in [2.24, 2.45) is 0 Å². The van der Waals surface area contributed by atoms with Crippen LogP contribution in [-0.4, -0.2) is 24.4 Å². The van der Waals surface area contributed by atoms with Crippen LogP contribution in [0.4, 0.5) is 13.8 Å². The highest BCUT2D eigenvalue weighted by Gasteiger charge is 2.22. The average Bonchev–Trinajstić information content (AvgIpc) is 3.04. The molecule has 1 aromatic heterocycles. The molecule has 1 atom stereocenters. The van der Waals surface area contributed by atoms with Crippen LogP contribution in [-0.2, 0) is 17.6 Å². The van der Waals surface area contributed by atoms with Crippen molar-refractivity contribution in [1.29, 1.82) is 5.26 Å². The fraction of sp³-hybridized carbons (Fsp3) is 0.429. The summed E-state index contributed by atoms with van der Waals surface area (Å²) in [4.78, 5) is 15.5. The molecular weight excluding hydrogens is 380 g/mol. The Balaban J connectivity index is 1.59. The summed E-state index contributed by atoms with van der Waals surface area (Å²) < 4.78 is 26.6. The predicted octanol–water partition coefficient (Wildman–Crippen LogP) is 4.80. The van der Waals surface area contributed by atoms with E-state index in [1.807, 2.05) is 18.9 Å². The van der Waals surface area contributed by atoms with Gasteiger partial charge in [-0.05, 0) is 62.9 Å². The van der Waals surface area contributed by atoms with E-state index in [-0.39, 0.29) is 18.4 Å². The highest BCUT2D eigenvalue weighted by atomic mass is 32.1. The quantitative estimate of drug-likeness (QED) is 0.754. The van der Waals surface area contributed by atoms with Gasteiger partial charge in [-0.15, -0.1) is 11.3 Å². The second-order valence-electron chi connectivity index (χ2n) is 7.16. The molecule has 0 saturated heterocycles. The molecule has 1 unspecified atom stereocenters. The monoisotopic (exact) mass is 403 g/mol. The maximum atomic E-state index is 13.4. The van der Waals surface area contributed by atoms with Gasteiger partial charge < -0.3 is 5.32 Å². The van der Waals surface area contributed by atoms with Crippen LogP contribution in [0.5, 0.6) is 0 Å². The van der Waals surface area contributed by atoms with Crippen molar-refractivity contribution in [2.45, 2.75) is 45.1 Å². The maximum Gasteiger partial charge on any atom is 0.226 e. The Morgan fingerprint density at radius 3 is 2.79 bits per heavy atom. The van der Waals surface area contributed by atoms with Gasteiger partial charge in [0.05, 0.1) is 5.56 Å².